The summed E-state index contributed by atoms with van der Waals surface area (Å²) in [6.45, 7) is 1.86. The molecule has 6 heteroatoms. The number of nitrogen functional groups attached to an aromatic ring is 1. The molecule has 1 heterocycles. The van der Waals surface area contributed by atoms with Gasteiger partial charge in [0.1, 0.15) is 5.82 Å². The molecule has 1 atom stereocenters. The minimum absolute atomic E-state index is 0.218. The van der Waals surface area contributed by atoms with Gasteiger partial charge in [0, 0.05) is 25.1 Å². The summed E-state index contributed by atoms with van der Waals surface area (Å²) in [4.78, 5) is 16.3. The Labute approximate surface area is 116 Å². The minimum Gasteiger partial charge on any atom is -0.399 e. The first-order chi connectivity index (χ1) is 8.99. The second-order valence-electron chi connectivity index (χ2n) is 4.33. The average molecular weight is 279 g/mol. The van der Waals surface area contributed by atoms with Crippen molar-refractivity contribution in [1.29, 1.82) is 0 Å². The number of nitrogens with zero attached hydrogens (tertiary/aromatic N) is 2. The number of aryl methyl sites for hydroxylation is 1. The van der Waals surface area contributed by atoms with E-state index in [1.165, 1.54) is 0 Å². The molecule has 0 aliphatic heterocycles. The summed E-state index contributed by atoms with van der Waals surface area (Å²) in [5.41, 5.74) is 6.52. The van der Waals surface area contributed by atoms with Crippen molar-refractivity contribution in [3.63, 3.8) is 0 Å². The number of benzene rings is 1. The molecule has 1 amide bonds. The number of amides is 1. The summed E-state index contributed by atoms with van der Waals surface area (Å²) in [5, 5.41) is 3.22. The fourth-order valence-corrected chi connectivity index (χ4v) is 2.05. The lowest BCUT2D eigenvalue weighted by Crippen LogP contribution is -2.28. The maximum Gasteiger partial charge on any atom is 0.253 e. The lowest BCUT2D eigenvalue weighted by Gasteiger charge is -2.14. The summed E-state index contributed by atoms with van der Waals surface area (Å²) in [6.07, 6.45) is 3.51. The number of halogens is 1. The Kier molecular flexibility index (Phi) is 3.76. The maximum atomic E-state index is 12.1. The molecule has 0 aliphatic rings. The Morgan fingerprint density at radius 2 is 2.26 bits per heavy atom. The van der Waals surface area contributed by atoms with Gasteiger partial charge in [-0.25, -0.2) is 4.98 Å². The molecule has 0 radical (unpaired) electrons. The summed E-state index contributed by atoms with van der Waals surface area (Å²) in [5.74, 6) is 0.501. The molecular formula is C13H15ClN4O. The highest BCUT2D eigenvalue weighted by atomic mass is 35.5. The number of carbonyl (C=O) groups is 1. The van der Waals surface area contributed by atoms with Crippen LogP contribution in [0.1, 0.15) is 29.1 Å². The van der Waals surface area contributed by atoms with E-state index in [-0.39, 0.29) is 11.9 Å². The molecule has 2 rings (SSSR count). The molecule has 0 spiro atoms. The van der Waals surface area contributed by atoms with Crippen molar-refractivity contribution in [2.24, 2.45) is 7.05 Å². The van der Waals surface area contributed by atoms with E-state index in [0.717, 1.165) is 5.82 Å². The van der Waals surface area contributed by atoms with Gasteiger partial charge in [0.15, 0.2) is 0 Å². The van der Waals surface area contributed by atoms with Crippen molar-refractivity contribution in [1.82, 2.24) is 14.9 Å². The van der Waals surface area contributed by atoms with Gasteiger partial charge < -0.3 is 15.6 Å². The maximum absolute atomic E-state index is 12.1. The van der Waals surface area contributed by atoms with E-state index in [9.17, 15) is 4.79 Å². The molecule has 1 aromatic carbocycles. The Morgan fingerprint density at radius 3 is 2.89 bits per heavy atom. The van der Waals surface area contributed by atoms with Gasteiger partial charge in [-0.1, -0.05) is 11.6 Å². The van der Waals surface area contributed by atoms with Crippen LogP contribution in [-0.4, -0.2) is 15.5 Å². The predicted octanol–water partition coefficient (Wildman–Crippen LogP) is 2.15. The quantitative estimate of drug-likeness (QED) is 0.845. The van der Waals surface area contributed by atoms with Crippen LogP contribution >= 0.6 is 11.6 Å². The van der Waals surface area contributed by atoms with Crippen LogP contribution in [0.15, 0.2) is 30.6 Å². The van der Waals surface area contributed by atoms with Crippen LogP contribution in [0.3, 0.4) is 0 Å². The molecular weight excluding hydrogens is 264 g/mol. The monoisotopic (exact) mass is 278 g/mol. The van der Waals surface area contributed by atoms with Gasteiger partial charge in [0.2, 0.25) is 0 Å². The molecule has 0 aliphatic carbocycles. The normalized spacial score (nSPS) is 12.2. The molecule has 1 unspecified atom stereocenters. The first-order valence-electron chi connectivity index (χ1n) is 5.82. The summed E-state index contributed by atoms with van der Waals surface area (Å²) >= 11 is 5.99. The number of nitrogens with one attached hydrogen (secondary N) is 1. The molecule has 0 saturated carbocycles. The minimum atomic E-state index is -0.271. The van der Waals surface area contributed by atoms with Gasteiger partial charge >= 0.3 is 0 Å². The van der Waals surface area contributed by atoms with Crippen LogP contribution < -0.4 is 11.1 Å². The van der Waals surface area contributed by atoms with Crippen molar-refractivity contribution in [2.75, 3.05) is 5.73 Å². The van der Waals surface area contributed by atoms with E-state index >= 15 is 0 Å². The van der Waals surface area contributed by atoms with Gasteiger partial charge in [-0.05, 0) is 25.1 Å². The number of anilines is 1. The number of carbonyl (C=O) groups excluding carboxylic acids is 1. The average Bonchev–Trinajstić information content (AvgIpc) is 2.78. The Morgan fingerprint density at radius 1 is 1.53 bits per heavy atom. The number of nitrogens with two attached hydrogens (primary N) is 1. The predicted molar refractivity (Wildman–Crippen MR) is 75.0 cm³/mol. The van der Waals surface area contributed by atoms with Crippen LogP contribution in [0.2, 0.25) is 5.02 Å². The van der Waals surface area contributed by atoms with Crippen molar-refractivity contribution >= 4 is 23.2 Å². The van der Waals surface area contributed by atoms with Gasteiger partial charge in [-0.15, -0.1) is 0 Å². The topological polar surface area (TPSA) is 72.9 Å². The molecule has 1 aromatic heterocycles. The lowest BCUT2D eigenvalue weighted by atomic mass is 10.1. The van der Waals surface area contributed by atoms with Crippen LogP contribution in [0, 0.1) is 0 Å². The molecule has 2 aromatic rings. The summed E-state index contributed by atoms with van der Waals surface area (Å²) in [7, 11) is 1.87. The van der Waals surface area contributed by atoms with E-state index in [4.69, 9.17) is 17.3 Å². The van der Waals surface area contributed by atoms with E-state index in [1.54, 1.807) is 24.4 Å². The first-order valence-corrected chi connectivity index (χ1v) is 6.20. The van der Waals surface area contributed by atoms with E-state index in [0.29, 0.717) is 16.3 Å². The number of aromatic nitrogens is 2. The highest BCUT2D eigenvalue weighted by Crippen LogP contribution is 2.20. The fourth-order valence-electron chi connectivity index (χ4n) is 1.85. The molecule has 19 heavy (non-hydrogen) atoms. The second kappa shape index (κ2) is 5.32. The molecule has 0 bridgehead atoms. The zero-order chi connectivity index (χ0) is 14.0. The van der Waals surface area contributed by atoms with Gasteiger partial charge in [0.05, 0.1) is 16.6 Å². The van der Waals surface area contributed by atoms with Crippen molar-refractivity contribution in [3.8, 4) is 0 Å². The van der Waals surface area contributed by atoms with Gasteiger partial charge in [-0.2, -0.15) is 0 Å². The third-order valence-electron chi connectivity index (χ3n) is 2.83. The van der Waals surface area contributed by atoms with Crippen LogP contribution in [0.25, 0.3) is 0 Å². The SMILES string of the molecule is CC(NC(=O)c1cc(N)ccc1Cl)c1nccn1C. The molecule has 3 N–H and O–H groups in total. The Bertz CT molecular complexity index is 608. The van der Waals surface area contributed by atoms with E-state index in [1.807, 2.05) is 24.7 Å². The number of rotatable bonds is 3. The Hall–Kier alpha value is -2.01. The molecule has 5 nitrogen and oxygen atoms in total. The zero-order valence-corrected chi connectivity index (χ0v) is 11.5. The highest BCUT2D eigenvalue weighted by Gasteiger charge is 2.16. The molecule has 100 valence electrons. The summed E-state index contributed by atoms with van der Waals surface area (Å²) < 4.78 is 1.85. The van der Waals surface area contributed by atoms with Crippen molar-refractivity contribution in [3.05, 3.63) is 47.0 Å². The van der Waals surface area contributed by atoms with E-state index < -0.39 is 0 Å². The van der Waals surface area contributed by atoms with Crippen LogP contribution in [0.5, 0.6) is 0 Å². The first kappa shape index (κ1) is 13.4. The Balaban J connectivity index is 2.17. The standard InChI is InChI=1S/C13H15ClN4O/c1-8(12-16-5-6-18(12)2)17-13(19)10-7-9(15)3-4-11(10)14/h3-8H,15H2,1-2H3,(H,17,19). The molecule has 0 saturated heterocycles. The largest absolute Gasteiger partial charge is 0.399 e. The highest BCUT2D eigenvalue weighted by molar-refractivity contribution is 6.34. The van der Waals surface area contributed by atoms with Crippen molar-refractivity contribution in [2.45, 2.75) is 13.0 Å². The lowest BCUT2D eigenvalue weighted by molar-refractivity contribution is 0.0938. The number of imidazole rings is 1. The zero-order valence-electron chi connectivity index (χ0n) is 10.7. The van der Waals surface area contributed by atoms with Gasteiger partial charge in [-0.3, -0.25) is 4.79 Å². The number of hydrogen-bond acceptors (Lipinski definition) is 3. The van der Waals surface area contributed by atoms with Crippen LogP contribution in [-0.2, 0) is 7.05 Å². The summed E-state index contributed by atoms with van der Waals surface area (Å²) in [6, 6.07) is 4.60. The van der Waals surface area contributed by atoms with Crippen LogP contribution in [0.4, 0.5) is 5.69 Å². The third kappa shape index (κ3) is 2.88. The van der Waals surface area contributed by atoms with E-state index in [2.05, 4.69) is 10.3 Å². The number of hydrogen-bond donors (Lipinski definition) is 2. The van der Waals surface area contributed by atoms with Gasteiger partial charge in [0.25, 0.3) is 5.91 Å². The smallest absolute Gasteiger partial charge is 0.253 e. The second-order valence-corrected chi connectivity index (χ2v) is 4.74. The fraction of sp³-hybridized carbons (Fsp3) is 0.231. The third-order valence-corrected chi connectivity index (χ3v) is 3.16. The molecule has 0 fully saturated rings. The van der Waals surface area contributed by atoms with Crippen molar-refractivity contribution < 1.29 is 4.79 Å².